The molecule has 0 heterocycles. The Bertz CT molecular complexity index is 964. The predicted molar refractivity (Wildman–Crippen MR) is 123 cm³/mol. The fraction of sp³-hybridized carbons (Fsp3) is 0.130. The van der Waals surface area contributed by atoms with Gasteiger partial charge in [0.2, 0.25) is 5.91 Å². The molecule has 3 aromatic rings. The van der Waals surface area contributed by atoms with Crippen molar-refractivity contribution in [2.75, 3.05) is 5.75 Å². The number of thioether (sulfide) groups is 1. The zero-order valence-corrected chi connectivity index (χ0v) is 18.2. The fourth-order valence-electron chi connectivity index (χ4n) is 2.55. The van der Waals surface area contributed by atoms with Crippen LogP contribution in [0.4, 0.5) is 0 Å². The quantitative estimate of drug-likeness (QED) is 0.337. The van der Waals surface area contributed by atoms with Crippen molar-refractivity contribution in [2.45, 2.75) is 12.4 Å². The van der Waals surface area contributed by atoms with Crippen LogP contribution in [-0.4, -0.2) is 17.9 Å². The van der Waals surface area contributed by atoms with Gasteiger partial charge in [-0.25, -0.2) is 5.43 Å². The Balaban J connectivity index is 1.46. The lowest BCUT2D eigenvalue weighted by atomic mass is 10.2. The van der Waals surface area contributed by atoms with Crippen molar-refractivity contribution in [3.05, 3.63) is 100 Å². The molecule has 0 saturated carbocycles. The van der Waals surface area contributed by atoms with Crippen LogP contribution in [-0.2, 0) is 17.2 Å². The van der Waals surface area contributed by atoms with Crippen molar-refractivity contribution in [3.63, 3.8) is 0 Å². The molecule has 148 valence electrons. The van der Waals surface area contributed by atoms with Gasteiger partial charge in [-0.3, -0.25) is 4.79 Å². The van der Waals surface area contributed by atoms with Crippen LogP contribution in [0.3, 0.4) is 0 Å². The SMILES string of the molecule is O=C(CSCc1cccc(Br)c1)N/N=C\c1ccccc1OCc1ccccc1. The lowest BCUT2D eigenvalue weighted by Crippen LogP contribution is -2.19. The Labute approximate surface area is 183 Å². The van der Waals surface area contributed by atoms with Gasteiger partial charge in [0.15, 0.2) is 0 Å². The molecule has 0 saturated heterocycles. The number of hydrogen-bond donors (Lipinski definition) is 1. The van der Waals surface area contributed by atoms with Gasteiger partial charge in [0.1, 0.15) is 12.4 Å². The summed E-state index contributed by atoms with van der Waals surface area (Å²) in [5.41, 5.74) is 5.65. The molecule has 0 aliphatic rings. The number of halogens is 1. The summed E-state index contributed by atoms with van der Waals surface area (Å²) >= 11 is 5.00. The number of carbonyl (C=O) groups is 1. The van der Waals surface area contributed by atoms with Crippen LogP contribution >= 0.6 is 27.7 Å². The van der Waals surface area contributed by atoms with E-state index in [0.29, 0.717) is 12.4 Å². The van der Waals surface area contributed by atoms with Crippen molar-refractivity contribution in [2.24, 2.45) is 5.10 Å². The molecule has 0 unspecified atom stereocenters. The third-order valence-corrected chi connectivity index (χ3v) is 5.44. The van der Waals surface area contributed by atoms with Crippen molar-refractivity contribution < 1.29 is 9.53 Å². The first kappa shape index (κ1) is 21.1. The van der Waals surface area contributed by atoms with Gasteiger partial charge in [0.05, 0.1) is 12.0 Å². The van der Waals surface area contributed by atoms with Crippen LogP contribution in [0.1, 0.15) is 16.7 Å². The van der Waals surface area contributed by atoms with Gasteiger partial charge in [-0.1, -0.05) is 70.5 Å². The van der Waals surface area contributed by atoms with Gasteiger partial charge < -0.3 is 4.74 Å². The second kappa shape index (κ2) is 11.4. The van der Waals surface area contributed by atoms with Crippen LogP contribution < -0.4 is 10.2 Å². The molecule has 6 heteroatoms. The largest absolute Gasteiger partial charge is 0.488 e. The lowest BCUT2D eigenvalue weighted by molar-refractivity contribution is -0.118. The van der Waals surface area contributed by atoms with Gasteiger partial charge in [0, 0.05) is 15.8 Å². The molecular formula is C23H21BrN2O2S. The first-order valence-corrected chi connectivity index (χ1v) is 11.1. The minimum Gasteiger partial charge on any atom is -0.488 e. The molecule has 0 aromatic heterocycles. The van der Waals surface area contributed by atoms with E-state index in [1.54, 1.807) is 18.0 Å². The molecule has 0 fully saturated rings. The Kier molecular flexibility index (Phi) is 8.34. The Hall–Kier alpha value is -2.57. The van der Waals surface area contributed by atoms with Crippen LogP contribution in [0.5, 0.6) is 5.75 Å². The average Bonchev–Trinajstić information content (AvgIpc) is 2.74. The van der Waals surface area contributed by atoms with Crippen LogP contribution in [0.25, 0.3) is 0 Å². The van der Waals surface area contributed by atoms with Gasteiger partial charge in [-0.15, -0.1) is 11.8 Å². The fourth-order valence-corrected chi connectivity index (χ4v) is 3.76. The molecule has 0 radical (unpaired) electrons. The van der Waals surface area contributed by atoms with E-state index in [0.717, 1.165) is 27.1 Å². The second-order valence-corrected chi connectivity index (χ2v) is 8.13. The molecular weight excluding hydrogens is 448 g/mol. The zero-order valence-electron chi connectivity index (χ0n) is 15.8. The van der Waals surface area contributed by atoms with Gasteiger partial charge in [0.25, 0.3) is 0 Å². The molecule has 0 aliphatic carbocycles. The third-order valence-electron chi connectivity index (χ3n) is 3.94. The first-order chi connectivity index (χ1) is 14.2. The molecule has 4 nitrogen and oxygen atoms in total. The summed E-state index contributed by atoms with van der Waals surface area (Å²) in [5, 5.41) is 4.07. The highest BCUT2D eigenvalue weighted by atomic mass is 79.9. The number of rotatable bonds is 9. The summed E-state index contributed by atoms with van der Waals surface area (Å²) in [7, 11) is 0. The van der Waals surface area contributed by atoms with Gasteiger partial charge >= 0.3 is 0 Å². The van der Waals surface area contributed by atoms with E-state index in [9.17, 15) is 4.79 Å². The minimum atomic E-state index is -0.135. The predicted octanol–water partition coefficient (Wildman–Crippen LogP) is 5.41. The van der Waals surface area contributed by atoms with E-state index in [4.69, 9.17) is 4.74 Å². The monoisotopic (exact) mass is 468 g/mol. The van der Waals surface area contributed by atoms with Crippen molar-refractivity contribution in [1.29, 1.82) is 0 Å². The minimum absolute atomic E-state index is 0.135. The van der Waals surface area contributed by atoms with E-state index < -0.39 is 0 Å². The van der Waals surface area contributed by atoms with E-state index in [2.05, 4.69) is 32.5 Å². The molecule has 3 aromatic carbocycles. The first-order valence-electron chi connectivity index (χ1n) is 9.10. The maximum absolute atomic E-state index is 12.0. The van der Waals surface area contributed by atoms with Crippen LogP contribution in [0.2, 0.25) is 0 Å². The average molecular weight is 469 g/mol. The third kappa shape index (κ3) is 7.40. The standard InChI is InChI=1S/C23H21BrN2O2S/c24-21-11-6-9-19(13-21)16-29-17-23(27)26-25-14-20-10-4-5-12-22(20)28-15-18-7-2-1-3-8-18/h1-14H,15-17H2,(H,26,27)/b25-14-. The van der Waals surface area contributed by atoms with Gasteiger partial charge in [-0.2, -0.15) is 5.10 Å². The molecule has 1 N–H and O–H groups in total. The molecule has 0 aliphatic heterocycles. The molecule has 0 spiro atoms. The number of para-hydroxylation sites is 1. The molecule has 3 rings (SSSR count). The summed E-state index contributed by atoms with van der Waals surface area (Å²) in [6, 6.07) is 25.6. The summed E-state index contributed by atoms with van der Waals surface area (Å²) in [4.78, 5) is 12.0. The van der Waals surface area contributed by atoms with Crippen LogP contribution in [0.15, 0.2) is 88.4 Å². The summed E-state index contributed by atoms with van der Waals surface area (Å²) in [6.45, 7) is 0.476. The van der Waals surface area contributed by atoms with E-state index in [1.165, 1.54) is 5.56 Å². The van der Waals surface area contributed by atoms with E-state index >= 15 is 0 Å². The van der Waals surface area contributed by atoms with Crippen molar-refractivity contribution in [3.8, 4) is 5.75 Å². The van der Waals surface area contributed by atoms with Gasteiger partial charge in [-0.05, 0) is 35.4 Å². The zero-order chi connectivity index (χ0) is 20.3. The van der Waals surface area contributed by atoms with E-state index in [1.807, 2.05) is 72.8 Å². The lowest BCUT2D eigenvalue weighted by Gasteiger charge is -2.09. The van der Waals surface area contributed by atoms with Crippen LogP contribution in [0, 0.1) is 0 Å². The second-order valence-electron chi connectivity index (χ2n) is 6.23. The number of nitrogens with zero attached hydrogens (tertiary/aromatic N) is 1. The number of ether oxygens (including phenoxy) is 1. The van der Waals surface area contributed by atoms with Crippen molar-refractivity contribution in [1.82, 2.24) is 5.43 Å². The smallest absolute Gasteiger partial charge is 0.250 e. The normalized spacial score (nSPS) is 10.8. The van der Waals surface area contributed by atoms with E-state index in [-0.39, 0.29) is 5.91 Å². The Morgan fingerprint density at radius 1 is 1.00 bits per heavy atom. The molecule has 0 bridgehead atoms. The molecule has 0 atom stereocenters. The number of hydrogen-bond acceptors (Lipinski definition) is 4. The number of benzene rings is 3. The number of nitrogens with one attached hydrogen (secondary N) is 1. The number of carbonyl (C=O) groups excluding carboxylic acids is 1. The molecule has 1 amide bonds. The maximum Gasteiger partial charge on any atom is 0.250 e. The highest BCUT2D eigenvalue weighted by Crippen LogP contribution is 2.18. The van der Waals surface area contributed by atoms with Crippen molar-refractivity contribution >= 4 is 39.8 Å². The molecule has 29 heavy (non-hydrogen) atoms. The maximum atomic E-state index is 12.0. The highest BCUT2D eigenvalue weighted by Gasteiger charge is 2.03. The highest BCUT2D eigenvalue weighted by molar-refractivity contribution is 9.10. The summed E-state index contributed by atoms with van der Waals surface area (Å²) < 4.78 is 6.93. The Morgan fingerprint density at radius 3 is 2.59 bits per heavy atom. The Morgan fingerprint density at radius 2 is 1.76 bits per heavy atom. The number of hydrazone groups is 1. The number of amides is 1. The summed E-state index contributed by atoms with van der Waals surface area (Å²) in [6.07, 6.45) is 1.61. The summed E-state index contributed by atoms with van der Waals surface area (Å²) in [5.74, 6) is 1.70. The topological polar surface area (TPSA) is 50.7 Å².